The van der Waals surface area contributed by atoms with Gasteiger partial charge < -0.3 is 10.1 Å². The summed E-state index contributed by atoms with van der Waals surface area (Å²) in [5, 5.41) is 13.7. The van der Waals surface area contributed by atoms with Gasteiger partial charge in [-0.25, -0.2) is 4.39 Å². The number of anilines is 1. The van der Waals surface area contributed by atoms with Crippen LogP contribution in [0.2, 0.25) is 0 Å². The molecule has 98 valence electrons. The van der Waals surface area contributed by atoms with Crippen LogP contribution in [-0.4, -0.2) is 23.7 Å². The van der Waals surface area contributed by atoms with Gasteiger partial charge in [-0.1, -0.05) is 0 Å². The van der Waals surface area contributed by atoms with Crippen LogP contribution in [0.3, 0.4) is 0 Å². The van der Waals surface area contributed by atoms with Crippen molar-refractivity contribution in [2.24, 2.45) is 0 Å². The third-order valence-electron chi connectivity index (χ3n) is 3.11. The first-order valence-electron chi connectivity index (χ1n) is 5.82. The fourth-order valence-electron chi connectivity index (χ4n) is 2.07. The number of ether oxygens (including phenoxy) is 1. The maximum absolute atomic E-state index is 13.1. The fraction of sp³-hybridized carbons (Fsp3) is 0.500. The van der Waals surface area contributed by atoms with E-state index < -0.39 is 10.7 Å². The van der Waals surface area contributed by atoms with Gasteiger partial charge >= 0.3 is 0 Å². The average molecular weight is 254 g/mol. The number of nitrogens with zero attached hydrogens (tertiary/aromatic N) is 1. The molecule has 0 aliphatic carbocycles. The Bertz CT molecular complexity index is 459. The van der Waals surface area contributed by atoms with Gasteiger partial charge in [0.2, 0.25) is 0 Å². The summed E-state index contributed by atoms with van der Waals surface area (Å²) in [6.07, 6.45) is 1.87. The van der Waals surface area contributed by atoms with Crippen LogP contribution in [-0.2, 0) is 4.74 Å². The Morgan fingerprint density at radius 3 is 3.00 bits per heavy atom. The van der Waals surface area contributed by atoms with Gasteiger partial charge in [0, 0.05) is 25.3 Å². The van der Waals surface area contributed by atoms with Crippen LogP contribution in [0, 0.1) is 15.9 Å². The summed E-state index contributed by atoms with van der Waals surface area (Å²) in [5.74, 6) is -0.499. The van der Waals surface area contributed by atoms with E-state index in [4.69, 9.17) is 4.74 Å². The molecule has 6 heteroatoms. The number of nitro benzene ring substituents is 1. The van der Waals surface area contributed by atoms with Gasteiger partial charge in [-0.3, -0.25) is 10.1 Å². The first kappa shape index (κ1) is 12.8. The summed E-state index contributed by atoms with van der Waals surface area (Å²) in [7, 11) is 0. The fourth-order valence-corrected chi connectivity index (χ4v) is 2.07. The van der Waals surface area contributed by atoms with Gasteiger partial charge in [-0.2, -0.15) is 0 Å². The van der Waals surface area contributed by atoms with Crippen molar-refractivity contribution in [3.8, 4) is 0 Å². The van der Waals surface area contributed by atoms with Crippen LogP contribution in [0.5, 0.6) is 0 Å². The van der Waals surface area contributed by atoms with Gasteiger partial charge in [0.25, 0.3) is 5.69 Å². The SMILES string of the molecule is CC1(CNc2cc(F)ccc2[N+](=O)[O-])CCCO1. The van der Waals surface area contributed by atoms with Crippen LogP contribution in [0.4, 0.5) is 15.8 Å². The predicted molar refractivity (Wildman–Crippen MR) is 65.1 cm³/mol. The zero-order valence-corrected chi connectivity index (χ0v) is 10.1. The first-order valence-corrected chi connectivity index (χ1v) is 5.82. The molecular weight excluding hydrogens is 239 g/mol. The molecule has 1 aromatic carbocycles. The molecule has 0 bridgehead atoms. The van der Waals surface area contributed by atoms with E-state index in [0.29, 0.717) is 13.2 Å². The summed E-state index contributed by atoms with van der Waals surface area (Å²) in [4.78, 5) is 10.3. The van der Waals surface area contributed by atoms with Gasteiger partial charge in [-0.15, -0.1) is 0 Å². The second-order valence-corrected chi connectivity index (χ2v) is 4.67. The lowest BCUT2D eigenvalue weighted by Crippen LogP contribution is -2.32. The highest BCUT2D eigenvalue weighted by Gasteiger charge is 2.30. The van der Waals surface area contributed by atoms with E-state index in [0.717, 1.165) is 31.0 Å². The zero-order valence-electron chi connectivity index (χ0n) is 10.1. The molecule has 0 spiro atoms. The Hall–Kier alpha value is -1.69. The number of nitrogens with one attached hydrogen (secondary N) is 1. The van der Waals surface area contributed by atoms with Crippen LogP contribution >= 0.6 is 0 Å². The largest absolute Gasteiger partial charge is 0.377 e. The molecule has 1 N–H and O–H groups in total. The number of rotatable bonds is 4. The van der Waals surface area contributed by atoms with Crippen LogP contribution in [0.15, 0.2) is 18.2 Å². The van der Waals surface area contributed by atoms with E-state index in [-0.39, 0.29) is 17.0 Å². The lowest BCUT2D eigenvalue weighted by Gasteiger charge is -2.23. The minimum Gasteiger partial charge on any atom is -0.377 e. The highest BCUT2D eigenvalue weighted by Crippen LogP contribution is 2.29. The summed E-state index contributed by atoms with van der Waals surface area (Å²) in [6.45, 7) is 3.07. The predicted octanol–water partition coefficient (Wildman–Crippen LogP) is 2.71. The van der Waals surface area contributed by atoms with E-state index in [9.17, 15) is 14.5 Å². The van der Waals surface area contributed by atoms with Crippen LogP contribution in [0.1, 0.15) is 19.8 Å². The molecule has 0 amide bonds. The lowest BCUT2D eigenvalue weighted by atomic mass is 10.0. The van der Waals surface area contributed by atoms with Gasteiger partial charge in [0.1, 0.15) is 11.5 Å². The molecule has 1 aliphatic heterocycles. The molecule has 1 atom stereocenters. The quantitative estimate of drug-likeness (QED) is 0.662. The molecule has 1 aliphatic rings. The summed E-state index contributed by atoms with van der Waals surface area (Å²) >= 11 is 0. The van der Waals surface area contributed by atoms with E-state index in [2.05, 4.69) is 5.32 Å². The topological polar surface area (TPSA) is 64.4 Å². The molecule has 5 nitrogen and oxygen atoms in total. The van der Waals surface area contributed by atoms with Crippen molar-refractivity contribution >= 4 is 11.4 Å². The van der Waals surface area contributed by atoms with Crippen molar-refractivity contribution < 1.29 is 14.1 Å². The highest BCUT2D eigenvalue weighted by atomic mass is 19.1. The third-order valence-corrected chi connectivity index (χ3v) is 3.11. The summed E-state index contributed by atoms with van der Waals surface area (Å²) in [5.41, 5.74) is -0.269. The smallest absolute Gasteiger partial charge is 0.292 e. The number of halogens is 1. The van der Waals surface area contributed by atoms with Gasteiger partial charge in [0.15, 0.2) is 0 Å². The van der Waals surface area contributed by atoms with Crippen LogP contribution in [0.25, 0.3) is 0 Å². The highest BCUT2D eigenvalue weighted by molar-refractivity contribution is 5.61. The van der Waals surface area contributed by atoms with E-state index in [1.54, 1.807) is 0 Å². The number of benzene rings is 1. The summed E-state index contributed by atoms with van der Waals surface area (Å²) < 4.78 is 18.7. The van der Waals surface area contributed by atoms with E-state index in [1.165, 1.54) is 0 Å². The normalized spacial score (nSPS) is 23.0. The molecule has 1 unspecified atom stereocenters. The van der Waals surface area contributed by atoms with Crippen molar-refractivity contribution in [2.45, 2.75) is 25.4 Å². The van der Waals surface area contributed by atoms with Gasteiger partial charge in [0.05, 0.1) is 10.5 Å². The Kier molecular flexibility index (Phi) is 3.47. The molecule has 1 saturated heterocycles. The average Bonchev–Trinajstić information content (AvgIpc) is 2.74. The molecule has 0 aromatic heterocycles. The van der Waals surface area contributed by atoms with E-state index in [1.807, 2.05) is 6.92 Å². The second kappa shape index (κ2) is 4.89. The minimum absolute atomic E-state index is 0.127. The molecule has 0 saturated carbocycles. The first-order chi connectivity index (χ1) is 8.50. The standard InChI is InChI=1S/C12H15FN2O3/c1-12(5-2-6-18-12)8-14-10-7-9(13)3-4-11(10)15(16)17/h3-4,7,14H,2,5-6,8H2,1H3. The molecule has 1 fully saturated rings. The maximum Gasteiger partial charge on any atom is 0.292 e. The van der Waals surface area contributed by atoms with E-state index >= 15 is 0 Å². The van der Waals surface area contributed by atoms with Crippen molar-refractivity contribution in [3.05, 3.63) is 34.1 Å². The second-order valence-electron chi connectivity index (χ2n) is 4.67. The number of hydrogen-bond acceptors (Lipinski definition) is 4. The van der Waals surface area contributed by atoms with Crippen molar-refractivity contribution in [1.29, 1.82) is 0 Å². The minimum atomic E-state index is -0.528. The van der Waals surface area contributed by atoms with Crippen LogP contribution < -0.4 is 5.32 Å². The van der Waals surface area contributed by atoms with Crippen molar-refractivity contribution in [2.75, 3.05) is 18.5 Å². The maximum atomic E-state index is 13.1. The molecule has 18 heavy (non-hydrogen) atoms. The van der Waals surface area contributed by atoms with Crippen molar-refractivity contribution in [3.63, 3.8) is 0 Å². The molecule has 1 aromatic rings. The lowest BCUT2D eigenvalue weighted by molar-refractivity contribution is -0.384. The Labute approximate surface area is 104 Å². The number of hydrogen-bond donors (Lipinski definition) is 1. The molecule has 2 rings (SSSR count). The molecular formula is C12H15FN2O3. The Balaban J connectivity index is 2.12. The zero-order chi connectivity index (χ0) is 13.2. The van der Waals surface area contributed by atoms with Gasteiger partial charge in [-0.05, 0) is 25.8 Å². The third kappa shape index (κ3) is 2.76. The monoisotopic (exact) mass is 254 g/mol. The Morgan fingerprint density at radius 1 is 1.61 bits per heavy atom. The molecule has 1 heterocycles. The molecule has 0 radical (unpaired) electrons. The Morgan fingerprint density at radius 2 is 2.39 bits per heavy atom. The summed E-state index contributed by atoms with van der Waals surface area (Å²) in [6, 6.07) is 3.38. The number of nitro groups is 1. The van der Waals surface area contributed by atoms with Crippen molar-refractivity contribution in [1.82, 2.24) is 0 Å².